The van der Waals surface area contributed by atoms with Crippen LogP contribution in [0.4, 0.5) is 23.2 Å². The van der Waals surface area contributed by atoms with Crippen molar-refractivity contribution in [2.24, 2.45) is 0 Å². The summed E-state index contributed by atoms with van der Waals surface area (Å²) < 4.78 is 56.0. The van der Waals surface area contributed by atoms with Crippen LogP contribution in [0, 0.1) is 17.1 Å². The van der Waals surface area contributed by atoms with E-state index < -0.39 is 35.2 Å². The number of nitrogens with one attached hydrogen (secondary N) is 1. The zero-order valence-corrected chi connectivity index (χ0v) is 17.3. The van der Waals surface area contributed by atoms with Gasteiger partial charge in [0.1, 0.15) is 17.4 Å². The fourth-order valence-corrected chi connectivity index (χ4v) is 3.30. The van der Waals surface area contributed by atoms with Crippen molar-refractivity contribution in [3.05, 3.63) is 83.3 Å². The molecule has 1 unspecified atom stereocenters. The molecule has 1 atom stereocenters. The quantitative estimate of drug-likeness (QED) is 0.445. The van der Waals surface area contributed by atoms with Gasteiger partial charge in [0, 0.05) is 0 Å². The van der Waals surface area contributed by atoms with Crippen molar-refractivity contribution in [3.8, 4) is 11.9 Å². The van der Waals surface area contributed by atoms with Gasteiger partial charge >= 0.3 is 6.18 Å². The Morgan fingerprint density at radius 1 is 1.15 bits per heavy atom. The molecule has 13 heteroatoms. The average molecular weight is 470 g/mol. The van der Waals surface area contributed by atoms with Gasteiger partial charge in [-0.2, -0.15) is 33.7 Å². The van der Waals surface area contributed by atoms with E-state index in [-0.39, 0.29) is 22.6 Å². The minimum Gasteiger partial charge on any atom is -0.320 e. The zero-order valence-electron chi connectivity index (χ0n) is 17.3. The fraction of sp³-hybridized carbons (Fsp3) is 0.143. The van der Waals surface area contributed by atoms with Gasteiger partial charge < -0.3 is 5.32 Å². The summed E-state index contributed by atoms with van der Waals surface area (Å²) in [6.07, 6.45) is -0.241. The van der Waals surface area contributed by atoms with E-state index >= 15 is 0 Å². The molecule has 172 valence electrons. The number of anilines is 1. The Balaban J connectivity index is 1.67. The molecule has 1 amide bonds. The number of carbonyl (C=O) groups excluding carboxylic acids is 1. The molecule has 0 spiro atoms. The Kier molecular flexibility index (Phi) is 5.80. The summed E-state index contributed by atoms with van der Waals surface area (Å²) in [7, 11) is 0. The second kappa shape index (κ2) is 8.74. The third kappa shape index (κ3) is 4.33. The molecular formula is C21H14F4N8O. The third-order valence-electron chi connectivity index (χ3n) is 4.86. The molecule has 0 saturated heterocycles. The van der Waals surface area contributed by atoms with E-state index in [9.17, 15) is 27.6 Å². The number of carbonyl (C=O) groups is 1. The van der Waals surface area contributed by atoms with Gasteiger partial charge in [-0.15, -0.1) is 4.80 Å². The smallest absolute Gasteiger partial charge is 0.320 e. The Morgan fingerprint density at radius 3 is 2.53 bits per heavy atom. The number of aromatic nitrogens is 6. The van der Waals surface area contributed by atoms with Gasteiger partial charge in [0.25, 0.3) is 5.91 Å². The molecule has 34 heavy (non-hydrogen) atoms. The number of amides is 1. The van der Waals surface area contributed by atoms with Crippen molar-refractivity contribution in [1.82, 2.24) is 29.8 Å². The minimum atomic E-state index is -4.93. The van der Waals surface area contributed by atoms with Gasteiger partial charge in [-0.1, -0.05) is 12.1 Å². The highest BCUT2D eigenvalue weighted by Crippen LogP contribution is 2.35. The van der Waals surface area contributed by atoms with Crippen molar-refractivity contribution in [3.63, 3.8) is 0 Å². The standard InChI is InChI=1S/C21H14F4N8O/c1-12(13-3-2-4-15(22)7-13)32-18(21(23,24)25)17(11-30-32)20(34)31-16-8-14(9-26)19(27-10-16)33-28-5-6-29-33/h2-8,10-12H,1H3,(H,31,34). The molecule has 9 nitrogen and oxygen atoms in total. The van der Waals surface area contributed by atoms with Crippen LogP contribution < -0.4 is 5.32 Å². The lowest BCUT2D eigenvalue weighted by Gasteiger charge is -2.18. The van der Waals surface area contributed by atoms with Crippen LogP contribution in [0.1, 0.15) is 40.1 Å². The first kappa shape index (κ1) is 22.6. The predicted molar refractivity (Wildman–Crippen MR) is 109 cm³/mol. The molecule has 3 heterocycles. The fourth-order valence-electron chi connectivity index (χ4n) is 3.30. The van der Waals surface area contributed by atoms with Gasteiger partial charge in [-0.05, 0) is 30.7 Å². The van der Waals surface area contributed by atoms with Crippen molar-refractivity contribution in [2.75, 3.05) is 5.32 Å². The lowest BCUT2D eigenvalue weighted by Crippen LogP contribution is -2.23. The van der Waals surface area contributed by atoms with E-state index in [4.69, 9.17) is 0 Å². The topological polar surface area (TPSA) is 114 Å². The molecule has 0 radical (unpaired) electrons. The van der Waals surface area contributed by atoms with Crippen LogP contribution in [0.25, 0.3) is 5.82 Å². The number of rotatable bonds is 5. The predicted octanol–water partition coefficient (Wildman–Crippen LogP) is 3.75. The van der Waals surface area contributed by atoms with Crippen molar-refractivity contribution >= 4 is 11.6 Å². The highest BCUT2D eigenvalue weighted by atomic mass is 19.4. The van der Waals surface area contributed by atoms with E-state index in [0.717, 1.165) is 23.3 Å². The number of alkyl halides is 3. The molecule has 0 aliphatic heterocycles. The zero-order chi connectivity index (χ0) is 24.5. The first-order valence-electron chi connectivity index (χ1n) is 9.67. The van der Waals surface area contributed by atoms with Crippen LogP contribution in [0.2, 0.25) is 0 Å². The summed E-state index contributed by atoms with van der Waals surface area (Å²) in [5, 5.41) is 23.2. The summed E-state index contributed by atoms with van der Waals surface area (Å²) in [5.74, 6) is -1.64. The van der Waals surface area contributed by atoms with Gasteiger partial charge in [-0.3, -0.25) is 9.48 Å². The Labute approximate surface area is 189 Å². The van der Waals surface area contributed by atoms with Crippen LogP contribution in [0.15, 0.2) is 55.1 Å². The van der Waals surface area contributed by atoms with Gasteiger partial charge in [0.2, 0.25) is 0 Å². The van der Waals surface area contributed by atoms with Crippen LogP contribution in [-0.4, -0.2) is 35.7 Å². The van der Waals surface area contributed by atoms with E-state index in [1.165, 1.54) is 43.6 Å². The number of nitrogens with zero attached hydrogens (tertiary/aromatic N) is 7. The molecule has 0 aliphatic carbocycles. The summed E-state index contributed by atoms with van der Waals surface area (Å²) >= 11 is 0. The van der Waals surface area contributed by atoms with Crippen LogP contribution >= 0.6 is 0 Å². The lowest BCUT2D eigenvalue weighted by molar-refractivity contribution is -0.144. The van der Waals surface area contributed by atoms with E-state index in [1.54, 1.807) is 0 Å². The maximum atomic E-state index is 13.9. The summed E-state index contributed by atoms with van der Waals surface area (Å²) in [4.78, 5) is 17.9. The molecule has 0 saturated carbocycles. The number of pyridine rings is 1. The molecule has 1 aromatic carbocycles. The maximum Gasteiger partial charge on any atom is 0.433 e. The average Bonchev–Trinajstić information content (AvgIpc) is 3.48. The van der Waals surface area contributed by atoms with Crippen molar-refractivity contribution in [2.45, 2.75) is 19.1 Å². The number of hydrogen-bond donors (Lipinski definition) is 1. The Hall–Kier alpha value is -4.60. The largest absolute Gasteiger partial charge is 0.433 e. The maximum absolute atomic E-state index is 13.9. The molecule has 4 aromatic rings. The van der Waals surface area contributed by atoms with Gasteiger partial charge in [0.05, 0.1) is 42.1 Å². The van der Waals surface area contributed by atoms with Gasteiger partial charge in [-0.25, -0.2) is 9.37 Å². The molecule has 0 fully saturated rings. The first-order valence-corrected chi connectivity index (χ1v) is 9.67. The number of nitriles is 1. The summed E-state index contributed by atoms with van der Waals surface area (Å²) in [6.45, 7) is 1.41. The second-order valence-electron chi connectivity index (χ2n) is 7.06. The highest BCUT2D eigenvalue weighted by molar-refractivity contribution is 6.05. The lowest BCUT2D eigenvalue weighted by atomic mass is 10.1. The summed E-state index contributed by atoms with van der Waals surface area (Å²) in [6, 6.07) is 7.18. The van der Waals surface area contributed by atoms with E-state index in [2.05, 4.69) is 25.6 Å². The first-order chi connectivity index (χ1) is 16.2. The van der Waals surface area contributed by atoms with Crippen LogP contribution in [0.5, 0.6) is 0 Å². The molecule has 3 aromatic heterocycles. The van der Waals surface area contributed by atoms with Crippen molar-refractivity contribution < 1.29 is 22.4 Å². The highest BCUT2D eigenvalue weighted by Gasteiger charge is 2.41. The molecular weight excluding hydrogens is 456 g/mol. The summed E-state index contributed by atoms with van der Waals surface area (Å²) in [5.41, 5.74) is -1.83. The Morgan fingerprint density at radius 2 is 1.88 bits per heavy atom. The van der Waals surface area contributed by atoms with E-state index in [0.29, 0.717) is 4.68 Å². The third-order valence-corrected chi connectivity index (χ3v) is 4.86. The molecule has 1 N–H and O–H groups in total. The van der Waals surface area contributed by atoms with Crippen molar-refractivity contribution in [1.29, 1.82) is 5.26 Å². The Bertz CT molecular complexity index is 1390. The van der Waals surface area contributed by atoms with E-state index in [1.807, 2.05) is 6.07 Å². The SMILES string of the molecule is CC(c1cccc(F)c1)n1ncc(C(=O)Nc2cnc(-n3nccn3)c(C#N)c2)c1C(F)(F)F. The van der Waals surface area contributed by atoms with Gasteiger partial charge in [0.15, 0.2) is 11.5 Å². The molecule has 0 aliphatic rings. The molecule has 0 bridgehead atoms. The normalized spacial score (nSPS) is 12.2. The number of benzene rings is 1. The monoisotopic (exact) mass is 470 g/mol. The molecule has 4 rings (SSSR count). The number of halogens is 4. The second-order valence-corrected chi connectivity index (χ2v) is 7.06. The minimum absolute atomic E-state index is 0.0135. The number of hydrogen-bond acceptors (Lipinski definition) is 6. The van der Waals surface area contributed by atoms with Crippen LogP contribution in [-0.2, 0) is 6.18 Å². The van der Waals surface area contributed by atoms with Crippen LogP contribution in [0.3, 0.4) is 0 Å².